The highest BCUT2D eigenvalue weighted by atomic mass is 32.2. The van der Waals surface area contributed by atoms with E-state index in [1.807, 2.05) is 73.6 Å². The number of nitrogens with zero attached hydrogens (tertiary/aromatic N) is 2. The first-order chi connectivity index (χ1) is 13.4. The van der Waals surface area contributed by atoms with Crippen LogP contribution in [0.1, 0.15) is 12.0 Å². The van der Waals surface area contributed by atoms with Crippen LogP contribution in [-0.4, -0.2) is 48.0 Å². The first-order valence-corrected chi connectivity index (χ1v) is 9.78. The van der Waals surface area contributed by atoms with E-state index in [4.69, 9.17) is 0 Å². The van der Waals surface area contributed by atoms with E-state index in [1.54, 1.807) is 6.08 Å². The van der Waals surface area contributed by atoms with Gasteiger partial charge in [0.15, 0.2) is 0 Å². The van der Waals surface area contributed by atoms with Crippen LogP contribution in [0.25, 0.3) is 6.08 Å². The minimum atomic E-state index is -0.848. The molecule has 2 amide bonds. The smallest absolute Gasteiger partial charge is 0.293 e. The van der Waals surface area contributed by atoms with Crippen LogP contribution in [0.5, 0.6) is 0 Å². The van der Waals surface area contributed by atoms with Crippen LogP contribution >= 0.6 is 11.8 Å². The van der Waals surface area contributed by atoms with Crippen molar-refractivity contribution in [3.05, 3.63) is 65.1 Å². The van der Waals surface area contributed by atoms with Crippen LogP contribution < -0.4 is 10.2 Å². The van der Waals surface area contributed by atoms with Crippen molar-refractivity contribution in [2.24, 2.45) is 0 Å². The Morgan fingerprint density at radius 3 is 2.43 bits per heavy atom. The van der Waals surface area contributed by atoms with E-state index >= 15 is 0 Å². The fraction of sp³-hybridized carbons (Fsp3) is 0.238. The van der Waals surface area contributed by atoms with E-state index in [2.05, 4.69) is 5.32 Å². The number of nitrogens with one attached hydrogen (secondary N) is 1. The molecule has 2 aromatic rings. The van der Waals surface area contributed by atoms with Gasteiger partial charge >= 0.3 is 0 Å². The van der Waals surface area contributed by atoms with Crippen LogP contribution in [-0.2, 0) is 4.79 Å². The lowest BCUT2D eigenvalue weighted by atomic mass is 10.2. The van der Waals surface area contributed by atoms with Crippen LogP contribution in [0, 0.1) is 0 Å². The van der Waals surface area contributed by atoms with Gasteiger partial charge in [0, 0.05) is 38.4 Å². The highest BCUT2D eigenvalue weighted by Gasteiger charge is 2.34. The van der Waals surface area contributed by atoms with Crippen molar-refractivity contribution < 1.29 is 14.7 Å². The number of carbonyl (C=O) groups excluding carboxylic acids is 2. The van der Waals surface area contributed by atoms with E-state index in [9.17, 15) is 14.7 Å². The van der Waals surface area contributed by atoms with Crippen molar-refractivity contribution in [3.8, 4) is 0 Å². The summed E-state index contributed by atoms with van der Waals surface area (Å²) in [7, 11) is 3.92. The summed E-state index contributed by atoms with van der Waals surface area (Å²) >= 11 is 0.929. The number of thioether (sulfide) groups is 1. The van der Waals surface area contributed by atoms with Crippen molar-refractivity contribution in [1.29, 1.82) is 0 Å². The number of aliphatic hydroxyl groups excluding tert-OH is 1. The third kappa shape index (κ3) is 4.94. The zero-order valence-corrected chi connectivity index (χ0v) is 16.6. The molecule has 146 valence electrons. The molecule has 0 bridgehead atoms. The van der Waals surface area contributed by atoms with Gasteiger partial charge in [-0.3, -0.25) is 14.5 Å². The molecule has 1 unspecified atom stereocenters. The van der Waals surface area contributed by atoms with Gasteiger partial charge in [-0.2, -0.15) is 0 Å². The van der Waals surface area contributed by atoms with E-state index in [1.165, 1.54) is 4.90 Å². The summed E-state index contributed by atoms with van der Waals surface area (Å²) in [6.45, 7) is 0.155. The molecule has 1 heterocycles. The van der Waals surface area contributed by atoms with Gasteiger partial charge in [0.1, 0.15) is 6.23 Å². The lowest BCUT2D eigenvalue weighted by molar-refractivity contribution is -0.122. The lowest BCUT2D eigenvalue weighted by Gasteiger charge is -2.17. The largest absolute Gasteiger partial charge is 0.378 e. The molecular weight excluding hydrogens is 374 g/mol. The predicted molar refractivity (Wildman–Crippen MR) is 114 cm³/mol. The number of anilines is 2. The molecule has 1 aliphatic rings. The number of rotatable bonds is 7. The summed E-state index contributed by atoms with van der Waals surface area (Å²) in [6, 6.07) is 17.0. The van der Waals surface area contributed by atoms with Crippen molar-refractivity contribution in [1.82, 2.24) is 4.90 Å². The average Bonchev–Trinajstić information content (AvgIpc) is 2.94. The molecule has 0 saturated carbocycles. The first-order valence-electron chi connectivity index (χ1n) is 8.96. The van der Waals surface area contributed by atoms with E-state index in [-0.39, 0.29) is 24.1 Å². The summed E-state index contributed by atoms with van der Waals surface area (Å²) in [4.78, 5) is 28.4. The number of benzene rings is 2. The summed E-state index contributed by atoms with van der Waals surface area (Å²) in [5, 5.41) is 12.8. The minimum absolute atomic E-state index is 0.155. The second-order valence-corrected chi connectivity index (χ2v) is 7.63. The average molecular weight is 398 g/mol. The molecule has 1 fully saturated rings. The molecule has 2 N–H and O–H groups in total. The predicted octanol–water partition coefficient (Wildman–Crippen LogP) is 3.61. The molecule has 28 heavy (non-hydrogen) atoms. The third-order valence-electron chi connectivity index (χ3n) is 4.31. The molecule has 0 aromatic heterocycles. The Morgan fingerprint density at radius 2 is 1.79 bits per heavy atom. The van der Waals surface area contributed by atoms with Gasteiger partial charge < -0.3 is 15.3 Å². The Labute approximate surface area is 168 Å². The second-order valence-electron chi connectivity index (χ2n) is 6.63. The quantitative estimate of drug-likeness (QED) is 0.549. The molecule has 1 saturated heterocycles. The van der Waals surface area contributed by atoms with E-state index in [0.29, 0.717) is 4.91 Å². The summed E-state index contributed by atoms with van der Waals surface area (Å²) in [6.07, 6.45) is 1.13. The van der Waals surface area contributed by atoms with Crippen molar-refractivity contribution in [2.75, 3.05) is 30.9 Å². The Hall–Kier alpha value is -2.77. The van der Waals surface area contributed by atoms with Gasteiger partial charge in [0.2, 0.25) is 0 Å². The van der Waals surface area contributed by atoms with Gasteiger partial charge in [-0.15, -0.1) is 0 Å². The maximum absolute atomic E-state index is 12.6. The number of para-hydroxylation sites is 1. The Morgan fingerprint density at radius 1 is 1.11 bits per heavy atom. The molecule has 3 rings (SSSR count). The topological polar surface area (TPSA) is 72.9 Å². The number of aliphatic hydroxyl groups is 1. The summed E-state index contributed by atoms with van der Waals surface area (Å²) in [5.41, 5.74) is 2.71. The van der Waals surface area contributed by atoms with E-state index < -0.39 is 6.23 Å². The summed E-state index contributed by atoms with van der Waals surface area (Å²) in [5.74, 6) is -0.321. The molecule has 1 atom stereocenters. The number of hydrogen-bond acceptors (Lipinski definition) is 6. The van der Waals surface area contributed by atoms with Gasteiger partial charge in [0.05, 0.1) is 4.91 Å². The fourth-order valence-corrected chi connectivity index (χ4v) is 3.63. The van der Waals surface area contributed by atoms with Gasteiger partial charge in [0.25, 0.3) is 11.1 Å². The van der Waals surface area contributed by atoms with Crippen LogP contribution in [0.2, 0.25) is 0 Å². The van der Waals surface area contributed by atoms with Crippen LogP contribution in [0.15, 0.2) is 59.5 Å². The lowest BCUT2D eigenvalue weighted by Crippen LogP contribution is -2.33. The van der Waals surface area contributed by atoms with E-state index in [0.717, 1.165) is 28.7 Å². The van der Waals surface area contributed by atoms with Gasteiger partial charge in [-0.05, 0) is 47.7 Å². The molecule has 1 aliphatic heterocycles. The molecule has 6 nitrogen and oxygen atoms in total. The Balaban J connectivity index is 1.60. The number of carbonyl (C=O) groups is 2. The van der Waals surface area contributed by atoms with Crippen LogP contribution in [0.4, 0.5) is 16.2 Å². The van der Waals surface area contributed by atoms with Crippen molar-refractivity contribution in [2.45, 2.75) is 12.6 Å². The van der Waals surface area contributed by atoms with Crippen molar-refractivity contribution in [3.63, 3.8) is 0 Å². The third-order valence-corrected chi connectivity index (χ3v) is 5.22. The minimum Gasteiger partial charge on any atom is -0.378 e. The highest BCUT2D eigenvalue weighted by Crippen LogP contribution is 2.32. The van der Waals surface area contributed by atoms with Gasteiger partial charge in [-0.1, -0.05) is 30.3 Å². The highest BCUT2D eigenvalue weighted by molar-refractivity contribution is 8.18. The maximum atomic E-state index is 12.6. The number of hydrogen-bond donors (Lipinski definition) is 2. The zero-order chi connectivity index (χ0) is 20.1. The molecule has 0 aliphatic carbocycles. The summed E-state index contributed by atoms with van der Waals surface area (Å²) < 4.78 is 0. The SMILES string of the molecule is CN(C)c1ccc(/C=C2\SC(=O)N(CCC(O)Nc3ccccc3)C2=O)cc1. The monoisotopic (exact) mass is 397 g/mol. The number of amides is 2. The molecular formula is C21H23N3O3S. The van der Waals surface area contributed by atoms with Gasteiger partial charge in [-0.25, -0.2) is 0 Å². The normalized spacial score (nSPS) is 16.5. The Kier molecular flexibility index (Phi) is 6.38. The molecule has 7 heteroatoms. The molecule has 0 radical (unpaired) electrons. The first kappa shape index (κ1) is 20.0. The standard InChI is InChI=1S/C21H23N3O3S/c1-23(2)17-10-8-15(9-11-17)14-18-20(26)24(21(27)28-18)13-12-19(25)22-16-6-4-3-5-7-16/h3-11,14,19,22,25H,12-13H2,1-2H3/b18-14-. The number of imide groups is 1. The maximum Gasteiger partial charge on any atom is 0.293 e. The van der Waals surface area contributed by atoms with Crippen molar-refractivity contribution >= 4 is 40.4 Å². The fourth-order valence-electron chi connectivity index (χ4n) is 2.76. The molecule has 2 aromatic carbocycles. The van der Waals surface area contributed by atoms with Crippen LogP contribution in [0.3, 0.4) is 0 Å². The zero-order valence-electron chi connectivity index (χ0n) is 15.8. The second kappa shape index (κ2) is 8.95. The Bertz CT molecular complexity index is 866. The molecule has 0 spiro atoms.